The molecule has 4 nitrogen and oxygen atoms in total. The average molecular weight is 343 g/mol. The van der Waals surface area contributed by atoms with E-state index in [2.05, 4.69) is 51.3 Å². The molecular weight excluding hydrogens is 324 g/mol. The van der Waals surface area contributed by atoms with E-state index in [1.54, 1.807) is 11.3 Å². The van der Waals surface area contributed by atoms with Crippen LogP contribution in [0.3, 0.4) is 0 Å². The number of thiophene rings is 1. The Morgan fingerprint density at radius 1 is 1.53 bits per heavy atom. The Kier molecular flexibility index (Phi) is 4.52. The highest BCUT2D eigenvalue weighted by Crippen LogP contribution is 2.28. The van der Waals surface area contributed by atoms with E-state index in [0.717, 1.165) is 40.5 Å². The van der Waals surface area contributed by atoms with Gasteiger partial charge in [-0.25, -0.2) is 4.68 Å². The normalized spacial score (nSPS) is 10.9. The maximum absolute atomic E-state index is 6.16. The van der Waals surface area contributed by atoms with E-state index in [4.69, 9.17) is 5.73 Å². The first-order valence-electron chi connectivity index (χ1n) is 6.29. The van der Waals surface area contributed by atoms with Crippen LogP contribution in [-0.4, -0.2) is 16.8 Å². The van der Waals surface area contributed by atoms with Gasteiger partial charge in [-0.3, -0.25) is 0 Å². The minimum absolute atomic E-state index is 0.783. The zero-order valence-electron chi connectivity index (χ0n) is 11.5. The number of rotatable bonds is 5. The summed E-state index contributed by atoms with van der Waals surface area (Å²) in [6.45, 7) is 5.83. The predicted molar refractivity (Wildman–Crippen MR) is 85.8 cm³/mol. The second kappa shape index (κ2) is 5.96. The maximum Gasteiger partial charge on any atom is 0.150 e. The van der Waals surface area contributed by atoms with Crippen molar-refractivity contribution < 1.29 is 0 Å². The zero-order chi connectivity index (χ0) is 14.0. The summed E-state index contributed by atoms with van der Waals surface area (Å²) in [7, 11) is 2.06. The maximum atomic E-state index is 6.16. The first-order chi connectivity index (χ1) is 9.02. The molecule has 0 unspecified atom stereocenters. The average Bonchev–Trinajstić information content (AvgIpc) is 2.85. The van der Waals surface area contributed by atoms with E-state index in [9.17, 15) is 0 Å². The van der Waals surface area contributed by atoms with Crippen molar-refractivity contribution in [3.63, 3.8) is 0 Å². The lowest BCUT2D eigenvalue weighted by Gasteiger charge is -2.20. The molecule has 0 fully saturated rings. The second-order valence-electron chi connectivity index (χ2n) is 4.66. The van der Waals surface area contributed by atoms with Gasteiger partial charge in [0, 0.05) is 20.1 Å². The van der Waals surface area contributed by atoms with E-state index >= 15 is 0 Å². The number of hydrogen-bond acceptors (Lipinski definition) is 4. The van der Waals surface area contributed by atoms with Crippen LogP contribution in [0.25, 0.3) is 0 Å². The molecule has 0 bridgehead atoms. The van der Waals surface area contributed by atoms with E-state index in [-0.39, 0.29) is 0 Å². The summed E-state index contributed by atoms with van der Waals surface area (Å²) in [5, 5.41) is 6.67. The summed E-state index contributed by atoms with van der Waals surface area (Å²) in [6, 6.07) is 2.14. The first-order valence-corrected chi connectivity index (χ1v) is 7.97. The van der Waals surface area contributed by atoms with Gasteiger partial charge in [-0.1, -0.05) is 6.92 Å². The molecule has 0 saturated carbocycles. The lowest BCUT2D eigenvalue weighted by Crippen LogP contribution is -2.21. The Hall–Kier alpha value is -1.01. The third kappa shape index (κ3) is 3.12. The van der Waals surface area contributed by atoms with Gasteiger partial charge in [-0.2, -0.15) is 5.10 Å². The zero-order valence-corrected chi connectivity index (χ0v) is 13.9. The number of nitrogens with two attached hydrogens (primary N) is 1. The first kappa shape index (κ1) is 14.4. The van der Waals surface area contributed by atoms with Crippen LogP contribution in [0.5, 0.6) is 0 Å². The monoisotopic (exact) mass is 342 g/mol. The van der Waals surface area contributed by atoms with Crippen LogP contribution in [0.1, 0.15) is 24.6 Å². The van der Waals surface area contributed by atoms with Crippen molar-refractivity contribution >= 4 is 38.8 Å². The van der Waals surface area contributed by atoms with Crippen LogP contribution in [0.15, 0.2) is 15.2 Å². The number of hydrogen-bond donors (Lipinski definition) is 1. The standard InChI is InChI=1S/C13H19BrN4S/c1-4-5-18-13(12(15)9(2)16-18)17(3)7-10-6-11(14)19-8-10/h6,8H,4-5,7,15H2,1-3H3. The molecule has 6 heteroatoms. The van der Waals surface area contributed by atoms with Gasteiger partial charge in [-0.05, 0) is 46.3 Å². The summed E-state index contributed by atoms with van der Waals surface area (Å²) in [4.78, 5) is 2.17. The molecule has 0 aliphatic carbocycles. The molecule has 0 aromatic carbocycles. The molecule has 2 heterocycles. The number of aromatic nitrogens is 2. The fourth-order valence-corrected chi connectivity index (χ4v) is 3.33. The fraction of sp³-hybridized carbons (Fsp3) is 0.462. The van der Waals surface area contributed by atoms with Gasteiger partial charge in [0.05, 0.1) is 15.2 Å². The van der Waals surface area contributed by atoms with Crippen LogP contribution >= 0.6 is 27.3 Å². The molecule has 0 amide bonds. The molecule has 2 aromatic heterocycles. The largest absolute Gasteiger partial charge is 0.394 e. The van der Waals surface area contributed by atoms with Gasteiger partial charge in [0.15, 0.2) is 5.82 Å². The van der Waals surface area contributed by atoms with Crippen molar-refractivity contribution in [1.29, 1.82) is 0 Å². The number of nitrogens with zero attached hydrogens (tertiary/aromatic N) is 3. The molecule has 0 saturated heterocycles. The summed E-state index contributed by atoms with van der Waals surface area (Å²) < 4.78 is 3.16. The lowest BCUT2D eigenvalue weighted by atomic mass is 10.3. The number of halogens is 1. The van der Waals surface area contributed by atoms with Crippen LogP contribution in [0, 0.1) is 6.92 Å². The summed E-state index contributed by atoms with van der Waals surface area (Å²) >= 11 is 5.20. The number of aryl methyl sites for hydroxylation is 2. The smallest absolute Gasteiger partial charge is 0.150 e. The Bertz CT molecular complexity index is 561. The highest BCUT2D eigenvalue weighted by Gasteiger charge is 2.16. The van der Waals surface area contributed by atoms with Gasteiger partial charge in [0.1, 0.15) is 0 Å². The highest BCUT2D eigenvalue weighted by atomic mass is 79.9. The van der Waals surface area contributed by atoms with E-state index in [0.29, 0.717) is 0 Å². The molecule has 0 aliphatic rings. The highest BCUT2D eigenvalue weighted by molar-refractivity contribution is 9.11. The molecule has 0 spiro atoms. The predicted octanol–water partition coefficient (Wildman–Crippen LogP) is 3.64. The van der Waals surface area contributed by atoms with Gasteiger partial charge >= 0.3 is 0 Å². The van der Waals surface area contributed by atoms with E-state index < -0.39 is 0 Å². The third-order valence-corrected chi connectivity index (χ3v) is 4.54. The van der Waals surface area contributed by atoms with Crippen LogP contribution in [-0.2, 0) is 13.1 Å². The van der Waals surface area contributed by atoms with Crippen molar-refractivity contribution in [2.24, 2.45) is 0 Å². The molecule has 0 radical (unpaired) electrons. The Labute approximate surface area is 126 Å². The summed E-state index contributed by atoms with van der Waals surface area (Å²) in [6.07, 6.45) is 1.05. The van der Waals surface area contributed by atoms with Crippen LogP contribution < -0.4 is 10.6 Å². The van der Waals surface area contributed by atoms with Gasteiger partial charge in [0.2, 0.25) is 0 Å². The molecule has 104 valence electrons. The van der Waals surface area contributed by atoms with Crippen LogP contribution in [0.2, 0.25) is 0 Å². The van der Waals surface area contributed by atoms with Crippen molar-refractivity contribution in [3.8, 4) is 0 Å². The SMILES string of the molecule is CCCn1nc(C)c(N)c1N(C)Cc1csc(Br)c1. The molecule has 0 aliphatic heterocycles. The van der Waals surface area contributed by atoms with Crippen molar-refractivity contribution in [3.05, 3.63) is 26.5 Å². The second-order valence-corrected chi connectivity index (χ2v) is 6.95. The molecule has 2 rings (SSSR count). The quantitative estimate of drug-likeness (QED) is 0.902. The summed E-state index contributed by atoms with van der Waals surface area (Å²) in [5.41, 5.74) is 9.13. The Balaban J connectivity index is 2.24. The Morgan fingerprint density at radius 2 is 2.26 bits per heavy atom. The minimum atomic E-state index is 0.783. The molecular formula is C13H19BrN4S. The third-order valence-electron chi connectivity index (χ3n) is 2.98. The molecule has 19 heavy (non-hydrogen) atoms. The van der Waals surface area contributed by atoms with Gasteiger partial charge < -0.3 is 10.6 Å². The van der Waals surface area contributed by atoms with E-state index in [1.165, 1.54) is 5.56 Å². The molecule has 0 atom stereocenters. The summed E-state index contributed by atoms with van der Waals surface area (Å²) in [5.74, 6) is 1.02. The van der Waals surface area contributed by atoms with Gasteiger partial charge in [0.25, 0.3) is 0 Å². The van der Waals surface area contributed by atoms with Crippen LogP contribution in [0.4, 0.5) is 11.5 Å². The molecule has 2 aromatic rings. The lowest BCUT2D eigenvalue weighted by molar-refractivity contribution is 0.591. The van der Waals surface area contributed by atoms with Crippen molar-refractivity contribution in [1.82, 2.24) is 9.78 Å². The molecule has 2 N–H and O–H groups in total. The van der Waals surface area contributed by atoms with Gasteiger partial charge in [-0.15, -0.1) is 11.3 Å². The topological polar surface area (TPSA) is 47.1 Å². The fourth-order valence-electron chi connectivity index (χ4n) is 2.13. The van der Waals surface area contributed by atoms with Crippen molar-refractivity contribution in [2.75, 3.05) is 17.7 Å². The van der Waals surface area contributed by atoms with Crippen molar-refractivity contribution in [2.45, 2.75) is 33.4 Å². The Morgan fingerprint density at radius 3 is 2.84 bits per heavy atom. The number of nitrogen functional groups attached to an aromatic ring is 1. The minimum Gasteiger partial charge on any atom is -0.394 e. The van der Waals surface area contributed by atoms with E-state index in [1.807, 2.05) is 11.6 Å². The number of anilines is 2.